The molecule has 0 aromatic heterocycles. The Bertz CT molecular complexity index is 796. The predicted octanol–water partition coefficient (Wildman–Crippen LogP) is 3.84. The highest BCUT2D eigenvalue weighted by atomic mass is 16.6. The maximum Gasteiger partial charge on any atom is 0.408 e. The van der Waals surface area contributed by atoms with Crippen molar-refractivity contribution in [1.29, 1.82) is 0 Å². The quantitative estimate of drug-likeness (QED) is 0.913. The van der Waals surface area contributed by atoms with Gasteiger partial charge in [0.15, 0.2) is 0 Å². The molecule has 2 aromatic carbocycles. The van der Waals surface area contributed by atoms with Crippen molar-refractivity contribution in [1.82, 2.24) is 5.32 Å². The number of anilines is 1. The largest absolute Gasteiger partial charge is 0.444 e. The summed E-state index contributed by atoms with van der Waals surface area (Å²) in [6.45, 7) is 5.99. The van der Waals surface area contributed by atoms with Gasteiger partial charge in [-0.1, -0.05) is 48.5 Å². The van der Waals surface area contributed by atoms with Crippen LogP contribution in [0.1, 0.15) is 37.9 Å². The molecule has 26 heavy (non-hydrogen) atoms. The van der Waals surface area contributed by atoms with Gasteiger partial charge in [0.1, 0.15) is 11.6 Å². The van der Waals surface area contributed by atoms with E-state index in [0.29, 0.717) is 6.54 Å². The standard InChI is InChI=1S/C21H24N2O3/c1-21(2,3)26-20(25)22-18(16-10-5-4-6-11-16)19(24)23-14-13-15-9-7-8-12-17(15)23/h4-12,18H,13-14H2,1-3H3,(H,22,25). The maximum atomic E-state index is 13.3. The van der Waals surface area contributed by atoms with E-state index in [1.165, 1.54) is 0 Å². The molecular formula is C21H24N2O3. The zero-order chi connectivity index (χ0) is 18.7. The van der Waals surface area contributed by atoms with Crippen molar-refractivity contribution < 1.29 is 14.3 Å². The van der Waals surface area contributed by atoms with Crippen LogP contribution in [0.15, 0.2) is 54.6 Å². The van der Waals surface area contributed by atoms with Gasteiger partial charge in [0, 0.05) is 12.2 Å². The molecule has 0 fully saturated rings. The number of alkyl carbamates (subject to hydrolysis) is 1. The summed E-state index contributed by atoms with van der Waals surface area (Å²) in [7, 11) is 0. The van der Waals surface area contributed by atoms with Crippen LogP contribution < -0.4 is 10.2 Å². The van der Waals surface area contributed by atoms with Gasteiger partial charge < -0.3 is 15.0 Å². The lowest BCUT2D eigenvalue weighted by Gasteiger charge is -2.27. The van der Waals surface area contributed by atoms with Crippen LogP contribution in [0.4, 0.5) is 10.5 Å². The smallest absolute Gasteiger partial charge is 0.408 e. The topological polar surface area (TPSA) is 58.6 Å². The van der Waals surface area contributed by atoms with E-state index in [1.807, 2.05) is 54.6 Å². The molecule has 1 N–H and O–H groups in total. The summed E-state index contributed by atoms with van der Waals surface area (Å²) >= 11 is 0. The van der Waals surface area contributed by atoms with Crippen LogP contribution in [0, 0.1) is 0 Å². The van der Waals surface area contributed by atoms with Crippen molar-refractivity contribution in [2.45, 2.75) is 38.8 Å². The Morgan fingerprint density at radius 3 is 2.38 bits per heavy atom. The molecule has 5 nitrogen and oxygen atoms in total. The van der Waals surface area contributed by atoms with Crippen LogP contribution in [0.3, 0.4) is 0 Å². The SMILES string of the molecule is CC(C)(C)OC(=O)NC(C(=O)N1CCc2ccccc21)c1ccccc1. The third kappa shape index (κ3) is 4.04. The predicted molar refractivity (Wildman–Crippen MR) is 101 cm³/mol. The number of fused-ring (bicyclic) bond motifs is 1. The van der Waals surface area contributed by atoms with Gasteiger partial charge in [-0.2, -0.15) is 0 Å². The monoisotopic (exact) mass is 352 g/mol. The zero-order valence-corrected chi connectivity index (χ0v) is 15.4. The molecule has 2 amide bonds. The Kier molecular flexibility index (Phi) is 4.98. The molecule has 0 aliphatic carbocycles. The van der Waals surface area contributed by atoms with Gasteiger partial charge in [0.25, 0.3) is 5.91 Å². The number of nitrogens with one attached hydrogen (secondary N) is 1. The number of benzene rings is 2. The van der Waals surface area contributed by atoms with E-state index >= 15 is 0 Å². The molecule has 0 spiro atoms. The number of ether oxygens (including phenoxy) is 1. The highest BCUT2D eigenvalue weighted by Crippen LogP contribution is 2.30. The molecule has 2 aromatic rings. The van der Waals surface area contributed by atoms with Gasteiger partial charge in [-0.3, -0.25) is 4.79 Å². The summed E-state index contributed by atoms with van der Waals surface area (Å²) in [6.07, 6.45) is 0.211. The minimum atomic E-state index is -0.794. The van der Waals surface area contributed by atoms with E-state index in [0.717, 1.165) is 23.2 Å². The maximum absolute atomic E-state index is 13.3. The minimum absolute atomic E-state index is 0.160. The molecule has 0 bridgehead atoms. The summed E-state index contributed by atoms with van der Waals surface area (Å²) in [4.78, 5) is 27.3. The number of carbonyl (C=O) groups excluding carboxylic acids is 2. The lowest BCUT2D eigenvalue weighted by molar-refractivity contribution is -0.120. The van der Waals surface area contributed by atoms with Crippen LogP contribution in [-0.2, 0) is 16.0 Å². The summed E-state index contributed by atoms with van der Waals surface area (Å²) in [5.74, 6) is -0.160. The molecule has 1 heterocycles. The summed E-state index contributed by atoms with van der Waals surface area (Å²) in [5, 5.41) is 2.74. The summed E-state index contributed by atoms with van der Waals surface area (Å²) in [5.41, 5.74) is 2.15. The fourth-order valence-electron chi connectivity index (χ4n) is 3.08. The highest BCUT2D eigenvalue weighted by molar-refractivity contribution is 6.00. The van der Waals surface area contributed by atoms with Gasteiger partial charge in [-0.25, -0.2) is 4.79 Å². The van der Waals surface area contributed by atoms with E-state index in [4.69, 9.17) is 4.74 Å². The molecule has 0 radical (unpaired) electrons. The Balaban J connectivity index is 1.87. The van der Waals surface area contributed by atoms with Gasteiger partial charge in [0.2, 0.25) is 0 Å². The zero-order valence-electron chi connectivity index (χ0n) is 15.4. The van der Waals surface area contributed by atoms with Gasteiger partial charge in [0.05, 0.1) is 0 Å². The van der Waals surface area contributed by atoms with Crippen LogP contribution in [0.5, 0.6) is 0 Å². The molecular weight excluding hydrogens is 328 g/mol. The molecule has 3 rings (SSSR count). The van der Waals surface area contributed by atoms with Gasteiger partial charge in [-0.15, -0.1) is 0 Å². The Morgan fingerprint density at radius 2 is 1.69 bits per heavy atom. The molecule has 0 saturated heterocycles. The van der Waals surface area contributed by atoms with Crippen molar-refractivity contribution in [2.24, 2.45) is 0 Å². The van der Waals surface area contributed by atoms with E-state index in [9.17, 15) is 9.59 Å². The lowest BCUT2D eigenvalue weighted by Crippen LogP contribution is -2.44. The molecule has 5 heteroatoms. The van der Waals surface area contributed by atoms with Crippen LogP contribution in [-0.4, -0.2) is 24.1 Å². The van der Waals surface area contributed by atoms with Crippen molar-refractivity contribution >= 4 is 17.7 Å². The van der Waals surface area contributed by atoms with Crippen molar-refractivity contribution in [3.05, 3.63) is 65.7 Å². The fraction of sp³-hybridized carbons (Fsp3) is 0.333. The second-order valence-corrected chi connectivity index (χ2v) is 7.36. The molecule has 1 aliphatic rings. The molecule has 136 valence electrons. The summed E-state index contributed by atoms with van der Waals surface area (Å²) < 4.78 is 5.35. The highest BCUT2D eigenvalue weighted by Gasteiger charge is 2.33. The number of hydrogen-bond acceptors (Lipinski definition) is 3. The van der Waals surface area contributed by atoms with E-state index in [-0.39, 0.29) is 5.91 Å². The Hall–Kier alpha value is -2.82. The molecule has 1 atom stereocenters. The number of hydrogen-bond donors (Lipinski definition) is 1. The lowest BCUT2D eigenvalue weighted by atomic mass is 10.1. The van der Waals surface area contributed by atoms with E-state index < -0.39 is 17.7 Å². The van der Waals surface area contributed by atoms with Crippen molar-refractivity contribution in [3.63, 3.8) is 0 Å². The molecule has 0 saturated carbocycles. The van der Waals surface area contributed by atoms with E-state index in [2.05, 4.69) is 5.32 Å². The second kappa shape index (κ2) is 7.20. The average molecular weight is 352 g/mol. The average Bonchev–Trinajstić information content (AvgIpc) is 3.02. The van der Waals surface area contributed by atoms with Crippen LogP contribution in [0.25, 0.3) is 0 Å². The first-order chi connectivity index (χ1) is 12.3. The van der Waals surface area contributed by atoms with E-state index in [1.54, 1.807) is 25.7 Å². The first-order valence-electron chi connectivity index (χ1n) is 8.79. The first kappa shape index (κ1) is 18.0. The number of para-hydroxylation sites is 1. The number of rotatable bonds is 3. The number of nitrogens with zero attached hydrogens (tertiary/aromatic N) is 1. The molecule has 1 aliphatic heterocycles. The second-order valence-electron chi connectivity index (χ2n) is 7.36. The Morgan fingerprint density at radius 1 is 1.04 bits per heavy atom. The third-order valence-corrected chi connectivity index (χ3v) is 4.19. The van der Waals surface area contributed by atoms with Crippen LogP contribution >= 0.6 is 0 Å². The van der Waals surface area contributed by atoms with Gasteiger partial charge >= 0.3 is 6.09 Å². The third-order valence-electron chi connectivity index (χ3n) is 4.19. The molecule has 1 unspecified atom stereocenters. The van der Waals surface area contributed by atoms with Gasteiger partial charge in [-0.05, 0) is 44.4 Å². The minimum Gasteiger partial charge on any atom is -0.444 e. The normalized spacial score (nSPS) is 14.5. The van der Waals surface area contributed by atoms with Crippen molar-refractivity contribution in [3.8, 4) is 0 Å². The number of carbonyl (C=O) groups is 2. The summed E-state index contributed by atoms with van der Waals surface area (Å²) in [6, 6.07) is 16.3. The fourth-order valence-corrected chi connectivity index (χ4v) is 3.08. The Labute approximate surface area is 154 Å². The first-order valence-corrected chi connectivity index (χ1v) is 8.79. The van der Waals surface area contributed by atoms with Crippen molar-refractivity contribution in [2.75, 3.05) is 11.4 Å². The number of amides is 2. The van der Waals surface area contributed by atoms with Crippen LogP contribution in [0.2, 0.25) is 0 Å².